The van der Waals surface area contributed by atoms with Crippen molar-refractivity contribution in [2.24, 2.45) is 0 Å². The molecule has 8 heteroatoms. The summed E-state index contributed by atoms with van der Waals surface area (Å²) in [5.41, 5.74) is 3.13. The Morgan fingerprint density at radius 1 is 1.30 bits per heavy atom. The smallest absolute Gasteiger partial charge is 0.407 e. The third-order valence-corrected chi connectivity index (χ3v) is 4.24. The predicted molar refractivity (Wildman–Crippen MR) is 99.7 cm³/mol. The maximum Gasteiger partial charge on any atom is 0.407 e. The minimum atomic E-state index is -0.561. The van der Waals surface area contributed by atoms with Gasteiger partial charge in [0.1, 0.15) is 12.4 Å². The Morgan fingerprint density at radius 2 is 2.11 bits per heavy atom. The third-order valence-electron chi connectivity index (χ3n) is 4.24. The number of fused-ring (bicyclic) bond motifs is 1. The number of rotatable bonds is 6. The van der Waals surface area contributed by atoms with Gasteiger partial charge in [-0.05, 0) is 54.8 Å². The highest BCUT2D eigenvalue weighted by Gasteiger charge is 2.11. The topological polar surface area (TPSA) is 117 Å². The van der Waals surface area contributed by atoms with E-state index in [1.807, 2.05) is 6.20 Å². The van der Waals surface area contributed by atoms with Crippen LogP contribution in [0, 0.1) is 17.0 Å². The summed E-state index contributed by atoms with van der Waals surface area (Å²) in [5, 5.41) is 24.0. The van der Waals surface area contributed by atoms with E-state index >= 15 is 0 Å². The number of carbonyl (C=O) groups is 1. The molecule has 0 fully saturated rings. The number of hydrogen-bond acceptors (Lipinski definition) is 5. The molecule has 0 saturated heterocycles. The number of benzene rings is 2. The van der Waals surface area contributed by atoms with Crippen LogP contribution in [0.5, 0.6) is 5.75 Å². The summed E-state index contributed by atoms with van der Waals surface area (Å²) in [4.78, 5) is 25.3. The number of phenols is 1. The molecule has 3 aromatic rings. The summed E-state index contributed by atoms with van der Waals surface area (Å²) in [5.74, 6) is 0.189. The first-order chi connectivity index (χ1) is 12.9. The van der Waals surface area contributed by atoms with Crippen LogP contribution in [0.15, 0.2) is 42.6 Å². The van der Waals surface area contributed by atoms with Crippen molar-refractivity contribution in [3.63, 3.8) is 0 Å². The van der Waals surface area contributed by atoms with E-state index in [4.69, 9.17) is 4.74 Å². The van der Waals surface area contributed by atoms with Gasteiger partial charge in [0.15, 0.2) is 0 Å². The van der Waals surface area contributed by atoms with Crippen molar-refractivity contribution in [3.05, 3.63) is 69.4 Å². The normalized spacial score (nSPS) is 10.7. The van der Waals surface area contributed by atoms with Crippen LogP contribution < -0.4 is 5.32 Å². The zero-order valence-electron chi connectivity index (χ0n) is 14.7. The Balaban J connectivity index is 1.49. The lowest BCUT2D eigenvalue weighted by atomic mass is 10.1. The van der Waals surface area contributed by atoms with Crippen LogP contribution in [0.4, 0.5) is 10.5 Å². The molecule has 0 unspecified atom stereocenters. The fraction of sp³-hybridized carbons (Fsp3) is 0.211. The molecule has 0 aliphatic rings. The maximum absolute atomic E-state index is 11.8. The highest BCUT2D eigenvalue weighted by atomic mass is 16.6. The first-order valence-corrected chi connectivity index (χ1v) is 8.37. The van der Waals surface area contributed by atoms with E-state index in [9.17, 15) is 20.0 Å². The molecule has 1 heterocycles. The fourth-order valence-corrected chi connectivity index (χ4v) is 2.88. The van der Waals surface area contributed by atoms with E-state index in [-0.39, 0.29) is 18.0 Å². The number of aromatic hydroxyl groups is 1. The van der Waals surface area contributed by atoms with Crippen LogP contribution in [0.3, 0.4) is 0 Å². The van der Waals surface area contributed by atoms with Crippen LogP contribution in [0.2, 0.25) is 0 Å². The predicted octanol–water partition coefficient (Wildman–Crippen LogP) is 3.56. The van der Waals surface area contributed by atoms with Gasteiger partial charge in [-0.3, -0.25) is 10.1 Å². The zero-order valence-corrected chi connectivity index (χ0v) is 14.7. The van der Waals surface area contributed by atoms with Crippen molar-refractivity contribution in [1.82, 2.24) is 10.3 Å². The highest BCUT2D eigenvalue weighted by molar-refractivity contribution is 5.84. The largest absolute Gasteiger partial charge is 0.508 e. The minimum Gasteiger partial charge on any atom is -0.508 e. The number of H-pyrrole nitrogens is 1. The molecular weight excluding hydrogens is 350 g/mol. The Bertz CT molecular complexity index is 996. The number of aromatic amines is 1. The Labute approximate surface area is 154 Å². The molecule has 8 nitrogen and oxygen atoms in total. The second kappa shape index (κ2) is 7.77. The van der Waals surface area contributed by atoms with Crippen LogP contribution in [0.25, 0.3) is 10.9 Å². The summed E-state index contributed by atoms with van der Waals surface area (Å²) in [6.07, 6.45) is 1.86. The summed E-state index contributed by atoms with van der Waals surface area (Å²) in [6.45, 7) is 2.05. The first kappa shape index (κ1) is 18.2. The number of nitrogens with one attached hydrogen (secondary N) is 2. The summed E-state index contributed by atoms with van der Waals surface area (Å²) in [6, 6.07) is 9.68. The average molecular weight is 369 g/mol. The molecule has 0 radical (unpaired) electrons. The van der Waals surface area contributed by atoms with Crippen LogP contribution in [0.1, 0.15) is 16.7 Å². The van der Waals surface area contributed by atoms with Crippen molar-refractivity contribution < 1.29 is 19.6 Å². The number of carbonyl (C=O) groups excluding carboxylic acids is 1. The summed E-state index contributed by atoms with van der Waals surface area (Å²) in [7, 11) is 0. The minimum absolute atomic E-state index is 0.0334. The van der Waals surface area contributed by atoms with Gasteiger partial charge in [0, 0.05) is 35.3 Å². The number of ether oxygens (including phenoxy) is 1. The average Bonchev–Trinajstić information content (AvgIpc) is 3.02. The van der Waals surface area contributed by atoms with E-state index in [1.165, 1.54) is 6.07 Å². The number of amides is 1. The molecule has 27 heavy (non-hydrogen) atoms. The third kappa shape index (κ3) is 4.35. The first-order valence-electron chi connectivity index (χ1n) is 8.37. The molecule has 1 amide bonds. The Morgan fingerprint density at radius 3 is 2.85 bits per heavy atom. The number of nitro benzene ring substituents is 1. The molecule has 0 spiro atoms. The van der Waals surface area contributed by atoms with E-state index in [0.29, 0.717) is 24.1 Å². The lowest BCUT2D eigenvalue weighted by Crippen LogP contribution is -2.26. The van der Waals surface area contributed by atoms with Crippen LogP contribution >= 0.6 is 0 Å². The lowest BCUT2D eigenvalue weighted by molar-refractivity contribution is -0.385. The van der Waals surface area contributed by atoms with Gasteiger partial charge < -0.3 is 20.1 Å². The quantitative estimate of drug-likeness (QED) is 0.454. The molecule has 0 aliphatic heterocycles. The lowest BCUT2D eigenvalue weighted by Gasteiger charge is -2.08. The van der Waals surface area contributed by atoms with E-state index in [0.717, 1.165) is 16.5 Å². The van der Waals surface area contributed by atoms with Gasteiger partial charge in [-0.15, -0.1) is 0 Å². The van der Waals surface area contributed by atoms with E-state index in [2.05, 4.69) is 10.3 Å². The molecule has 2 aromatic carbocycles. The van der Waals surface area contributed by atoms with Gasteiger partial charge in [0.05, 0.1) is 4.92 Å². The SMILES string of the molecule is Cc1cc(COC(=O)NCCc2c[nH]c3ccc(O)cc23)ccc1[N+](=O)[O-]. The second-order valence-electron chi connectivity index (χ2n) is 6.17. The van der Waals surface area contributed by atoms with E-state index in [1.54, 1.807) is 37.3 Å². The summed E-state index contributed by atoms with van der Waals surface area (Å²) >= 11 is 0. The maximum atomic E-state index is 11.8. The van der Waals surface area contributed by atoms with Crippen molar-refractivity contribution >= 4 is 22.7 Å². The molecule has 3 N–H and O–H groups in total. The van der Waals surface area contributed by atoms with Gasteiger partial charge >= 0.3 is 6.09 Å². The van der Waals surface area contributed by atoms with E-state index < -0.39 is 11.0 Å². The molecular formula is C19H19N3O5. The number of nitrogens with zero attached hydrogens (tertiary/aromatic N) is 1. The number of aromatic nitrogens is 1. The molecule has 3 rings (SSSR count). The Hall–Kier alpha value is -3.55. The van der Waals surface area contributed by atoms with Gasteiger partial charge in [-0.2, -0.15) is 0 Å². The Kier molecular flexibility index (Phi) is 5.25. The van der Waals surface area contributed by atoms with Crippen molar-refractivity contribution in [2.75, 3.05) is 6.54 Å². The highest BCUT2D eigenvalue weighted by Crippen LogP contribution is 2.23. The van der Waals surface area contributed by atoms with Gasteiger partial charge in [0.2, 0.25) is 0 Å². The van der Waals surface area contributed by atoms with Crippen molar-refractivity contribution in [2.45, 2.75) is 20.0 Å². The van der Waals surface area contributed by atoms with Gasteiger partial charge in [-0.25, -0.2) is 4.79 Å². The number of alkyl carbamates (subject to hydrolysis) is 1. The zero-order chi connectivity index (χ0) is 19.4. The fourth-order valence-electron chi connectivity index (χ4n) is 2.88. The molecule has 1 aromatic heterocycles. The molecule has 140 valence electrons. The monoisotopic (exact) mass is 369 g/mol. The van der Waals surface area contributed by atoms with Crippen molar-refractivity contribution in [1.29, 1.82) is 0 Å². The standard InChI is InChI=1S/C19H19N3O5/c1-12-8-13(2-5-18(12)22(25)26)11-27-19(24)20-7-6-14-10-21-17-4-3-15(23)9-16(14)17/h2-5,8-10,21,23H,6-7,11H2,1H3,(H,20,24). The number of phenolic OH excluding ortho intramolecular Hbond substituents is 1. The van der Waals surface area contributed by atoms with Crippen LogP contribution in [-0.4, -0.2) is 27.7 Å². The van der Waals surface area contributed by atoms with Gasteiger partial charge in [-0.1, -0.05) is 0 Å². The molecule has 0 aliphatic carbocycles. The van der Waals surface area contributed by atoms with Crippen LogP contribution in [-0.2, 0) is 17.8 Å². The number of aryl methyl sites for hydroxylation is 1. The van der Waals surface area contributed by atoms with Crippen molar-refractivity contribution in [3.8, 4) is 5.75 Å². The second-order valence-corrected chi connectivity index (χ2v) is 6.17. The van der Waals surface area contributed by atoms with Gasteiger partial charge in [0.25, 0.3) is 5.69 Å². The molecule has 0 atom stereocenters. The number of nitro groups is 1. The molecule has 0 bridgehead atoms. The summed E-state index contributed by atoms with van der Waals surface area (Å²) < 4.78 is 5.14. The number of hydrogen-bond donors (Lipinski definition) is 3. The molecule has 0 saturated carbocycles.